The quantitative estimate of drug-likeness (QED) is 0.733. The number of hydrogen-bond donors (Lipinski definition) is 1. The van der Waals surface area contributed by atoms with Gasteiger partial charge in [0.15, 0.2) is 0 Å². The van der Waals surface area contributed by atoms with Gasteiger partial charge in [0.25, 0.3) is 0 Å². The third kappa shape index (κ3) is 1.70. The average molecular weight is 197 g/mol. The van der Waals surface area contributed by atoms with E-state index < -0.39 is 0 Å². The smallest absolute Gasteiger partial charge is 0.0536 e. The lowest BCUT2D eigenvalue weighted by Crippen LogP contribution is -2.43. The molecule has 2 aliphatic rings. The molecular formula is C12H23NO. The van der Waals surface area contributed by atoms with Crippen molar-refractivity contribution in [3.05, 3.63) is 0 Å². The van der Waals surface area contributed by atoms with Crippen molar-refractivity contribution in [2.45, 2.75) is 38.5 Å². The maximum Gasteiger partial charge on any atom is 0.0536 e. The molecule has 0 spiro atoms. The minimum atomic E-state index is 0.339. The minimum Gasteiger partial charge on any atom is -0.384 e. The first-order valence-electron chi connectivity index (χ1n) is 6.02. The molecule has 2 heteroatoms. The van der Waals surface area contributed by atoms with E-state index in [0.29, 0.717) is 5.41 Å². The van der Waals surface area contributed by atoms with Crippen LogP contribution in [-0.2, 0) is 4.74 Å². The molecule has 0 radical (unpaired) electrons. The molecule has 0 saturated heterocycles. The largest absolute Gasteiger partial charge is 0.384 e. The van der Waals surface area contributed by atoms with E-state index >= 15 is 0 Å². The van der Waals surface area contributed by atoms with Crippen molar-refractivity contribution in [3.8, 4) is 0 Å². The Morgan fingerprint density at radius 2 is 1.71 bits per heavy atom. The average Bonchev–Trinajstić information content (AvgIpc) is 2.91. The Labute approximate surface area is 87.2 Å². The predicted octanol–water partition coefficient (Wildman–Crippen LogP) is 2.18. The Balaban J connectivity index is 2.08. The van der Waals surface area contributed by atoms with Gasteiger partial charge in [0.05, 0.1) is 6.61 Å². The highest BCUT2D eigenvalue weighted by molar-refractivity contribution is 5.00. The molecule has 0 amide bonds. The maximum absolute atomic E-state index is 6.03. The molecule has 1 unspecified atom stereocenters. The lowest BCUT2D eigenvalue weighted by molar-refractivity contribution is 0.0208. The van der Waals surface area contributed by atoms with Crippen molar-refractivity contribution in [2.75, 3.05) is 20.3 Å². The van der Waals surface area contributed by atoms with Crippen LogP contribution in [-0.4, -0.2) is 20.3 Å². The summed E-state index contributed by atoms with van der Waals surface area (Å²) in [5.41, 5.74) is 6.37. The summed E-state index contributed by atoms with van der Waals surface area (Å²) >= 11 is 0. The highest BCUT2D eigenvalue weighted by Gasteiger charge is 2.49. The van der Waals surface area contributed by atoms with Crippen molar-refractivity contribution < 1.29 is 4.74 Å². The second-order valence-corrected chi connectivity index (χ2v) is 5.13. The Bertz CT molecular complexity index is 185. The van der Waals surface area contributed by atoms with Gasteiger partial charge in [0, 0.05) is 19.1 Å². The van der Waals surface area contributed by atoms with Gasteiger partial charge in [0.2, 0.25) is 0 Å². The molecule has 1 atom stereocenters. The summed E-state index contributed by atoms with van der Waals surface area (Å²) in [7, 11) is 1.82. The summed E-state index contributed by atoms with van der Waals surface area (Å²) in [6, 6.07) is 0. The first-order chi connectivity index (χ1) is 6.83. The first-order valence-corrected chi connectivity index (χ1v) is 6.02. The van der Waals surface area contributed by atoms with Gasteiger partial charge in [0.1, 0.15) is 0 Å². The van der Waals surface area contributed by atoms with E-state index in [1.165, 1.54) is 38.5 Å². The molecule has 0 aromatic heterocycles. The van der Waals surface area contributed by atoms with Crippen LogP contribution in [0.4, 0.5) is 0 Å². The Morgan fingerprint density at radius 3 is 2.14 bits per heavy atom. The molecule has 2 saturated carbocycles. The fraction of sp³-hybridized carbons (Fsp3) is 1.00. The van der Waals surface area contributed by atoms with Gasteiger partial charge in [-0.05, 0) is 37.5 Å². The van der Waals surface area contributed by atoms with Crippen molar-refractivity contribution in [1.82, 2.24) is 0 Å². The summed E-state index contributed by atoms with van der Waals surface area (Å²) in [5, 5.41) is 0. The molecule has 0 bridgehead atoms. The second-order valence-electron chi connectivity index (χ2n) is 5.13. The van der Waals surface area contributed by atoms with Crippen molar-refractivity contribution >= 4 is 0 Å². The van der Waals surface area contributed by atoms with Gasteiger partial charge in [-0.2, -0.15) is 0 Å². The van der Waals surface area contributed by atoms with Crippen LogP contribution in [0, 0.1) is 17.3 Å². The van der Waals surface area contributed by atoms with E-state index in [-0.39, 0.29) is 0 Å². The number of ether oxygens (including phenoxy) is 1. The number of nitrogens with two attached hydrogens (primary N) is 1. The Kier molecular flexibility index (Phi) is 3.13. The zero-order valence-electron chi connectivity index (χ0n) is 9.30. The normalized spacial score (nSPS) is 27.9. The molecule has 2 fully saturated rings. The molecule has 2 nitrogen and oxygen atoms in total. The molecule has 82 valence electrons. The van der Waals surface area contributed by atoms with Crippen molar-refractivity contribution in [1.29, 1.82) is 0 Å². The maximum atomic E-state index is 6.03. The zero-order chi connectivity index (χ0) is 10.0. The van der Waals surface area contributed by atoms with E-state index in [1.807, 2.05) is 7.11 Å². The van der Waals surface area contributed by atoms with Crippen LogP contribution in [0.1, 0.15) is 38.5 Å². The summed E-state index contributed by atoms with van der Waals surface area (Å²) in [5.74, 6) is 1.72. The molecule has 2 rings (SSSR count). The van der Waals surface area contributed by atoms with Crippen molar-refractivity contribution in [3.63, 3.8) is 0 Å². The standard InChI is InChI=1S/C12H23NO/c1-14-9-12(8-13,11-6-7-11)10-4-2-3-5-10/h10-11H,2-9,13H2,1H3. The van der Waals surface area contributed by atoms with Crippen LogP contribution in [0.15, 0.2) is 0 Å². The van der Waals surface area contributed by atoms with E-state index in [0.717, 1.165) is 25.0 Å². The van der Waals surface area contributed by atoms with E-state index in [9.17, 15) is 0 Å². The van der Waals surface area contributed by atoms with Crippen LogP contribution in [0.3, 0.4) is 0 Å². The van der Waals surface area contributed by atoms with Gasteiger partial charge in [-0.1, -0.05) is 12.8 Å². The van der Waals surface area contributed by atoms with Crippen molar-refractivity contribution in [2.24, 2.45) is 23.0 Å². The number of hydrogen-bond acceptors (Lipinski definition) is 2. The topological polar surface area (TPSA) is 35.2 Å². The lowest BCUT2D eigenvalue weighted by Gasteiger charge is -2.38. The number of methoxy groups -OCH3 is 1. The van der Waals surface area contributed by atoms with E-state index in [1.54, 1.807) is 0 Å². The van der Waals surface area contributed by atoms with Crippen LogP contribution in [0.5, 0.6) is 0 Å². The van der Waals surface area contributed by atoms with Crippen LogP contribution < -0.4 is 5.73 Å². The second kappa shape index (κ2) is 4.19. The minimum absolute atomic E-state index is 0.339. The van der Waals surface area contributed by atoms with Gasteiger partial charge in [-0.3, -0.25) is 0 Å². The summed E-state index contributed by atoms with van der Waals surface area (Å²) in [4.78, 5) is 0. The van der Waals surface area contributed by atoms with Crippen LogP contribution >= 0.6 is 0 Å². The molecule has 0 aromatic rings. The van der Waals surface area contributed by atoms with Crippen LogP contribution in [0.2, 0.25) is 0 Å². The molecule has 0 aromatic carbocycles. The van der Waals surface area contributed by atoms with Gasteiger partial charge in [-0.15, -0.1) is 0 Å². The monoisotopic (exact) mass is 197 g/mol. The number of rotatable bonds is 5. The van der Waals surface area contributed by atoms with Gasteiger partial charge >= 0.3 is 0 Å². The SMILES string of the molecule is COCC(CN)(C1CCCC1)C1CC1. The zero-order valence-corrected chi connectivity index (χ0v) is 9.30. The summed E-state index contributed by atoms with van der Waals surface area (Å²) in [6.07, 6.45) is 8.36. The third-order valence-corrected chi connectivity index (χ3v) is 4.35. The summed E-state index contributed by atoms with van der Waals surface area (Å²) in [6.45, 7) is 1.72. The fourth-order valence-electron chi connectivity index (χ4n) is 3.39. The highest BCUT2D eigenvalue weighted by atomic mass is 16.5. The molecule has 2 aliphatic carbocycles. The van der Waals surface area contributed by atoms with Gasteiger partial charge in [-0.25, -0.2) is 0 Å². The van der Waals surface area contributed by atoms with Crippen LogP contribution in [0.25, 0.3) is 0 Å². The first kappa shape index (κ1) is 10.4. The highest BCUT2D eigenvalue weighted by Crippen LogP contribution is 2.53. The molecular weight excluding hydrogens is 174 g/mol. The van der Waals surface area contributed by atoms with E-state index in [2.05, 4.69) is 0 Å². The Morgan fingerprint density at radius 1 is 1.14 bits per heavy atom. The molecule has 0 heterocycles. The van der Waals surface area contributed by atoms with Gasteiger partial charge < -0.3 is 10.5 Å². The molecule has 14 heavy (non-hydrogen) atoms. The molecule has 2 N–H and O–H groups in total. The predicted molar refractivity (Wildman–Crippen MR) is 58.0 cm³/mol. The summed E-state index contributed by atoms with van der Waals surface area (Å²) < 4.78 is 5.43. The van der Waals surface area contributed by atoms with E-state index in [4.69, 9.17) is 10.5 Å². The lowest BCUT2D eigenvalue weighted by atomic mass is 9.71. The fourth-order valence-corrected chi connectivity index (χ4v) is 3.39. The Hall–Kier alpha value is -0.0800. The molecule has 0 aliphatic heterocycles. The third-order valence-electron chi connectivity index (χ3n) is 4.35.